The molecule has 0 spiro atoms. The quantitative estimate of drug-likeness (QED) is 0.746. The molecule has 0 saturated carbocycles. The van der Waals surface area contributed by atoms with Gasteiger partial charge in [0, 0.05) is 12.6 Å². The van der Waals surface area contributed by atoms with E-state index in [0.29, 0.717) is 16.0 Å². The van der Waals surface area contributed by atoms with Crippen molar-refractivity contribution in [1.29, 1.82) is 0 Å². The molecule has 108 valence electrons. The molecule has 1 unspecified atom stereocenters. The highest BCUT2D eigenvalue weighted by atomic mass is 35.5. The zero-order chi connectivity index (χ0) is 14.3. The summed E-state index contributed by atoms with van der Waals surface area (Å²) in [5, 5.41) is 4.52. The molecule has 0 aliphatic carbocycles. The van der Waals surface area contributed by atoms with Gasteiger partial charge in [-0.3, -0.25) is 0 Å². The summed E-state index contributed by atoms with van der Waals surface area (Å²) >= 11 is 11.9. The Morgan fingerprint density at radius 3 is 2.47 bits per heavy atom. The van der Waals surface area contributed by atoms with E-state index in [1.54, 1.807) is 12.1 Å². The average molecular weight is 304 g/mol. The van der Waals surface area contributed by atoms with Crippen molar-refractivity contribution in [2.75, 3.05) is 13.1 Å². The van der Waals surface area contributed by atoms with E-state index in [2.05, 4.69) is 26.1 Å². The maximum atomic E-state index is 5.99. The van der Waals surface area contributed by atoms with Crippen LogP contribution in [0.3, 0.4) is 0 Å². The minimum atomic E-state index is 0.168. The first-order valence-electron chi connectivity index (χ1n) is 6.85. The Hall–Kier alpha value is -0.440. The lowest BCUT2D eigenvalue weighted by Crippen LogP contribution is -2.33. The summed E-state index contributed by atoms with van der Waals surface area (Å²) in [4.78, 5) is 0. The molecule has 0 fully saturated rings. The standard InChI is InChI=1S/C15H23Cl2NO/c1-4-5-13(10-18-9-11(2)3)19-12-6-7-14(16)15(17)8-12/h6-8,11,13,18H,4-5,9-10H2,1-3H3. The molecule has 0 amide bonds. The molecule has 1 rings (SSSR count). The molecule has 1 aromatic carbocycles. The number of hydrogen-bond acceptors (Lipinski definition) is 2. The molecule has 0 aromatic heterocycles. The molecule has 19 heavy (non-hydrogen) atoms. The lowest BCUT2D eigenvalue weighted by Gasteiger charge is -2.20. The Morgan fingerprint density at radius 1 is 1.16 bits per heavy atom. The number of rotatable bonds is 8. The van der Waals surface area contributed by atoms with E-state index in [9.17, 15) is 0 Å². The summed E-state index contributed by atoms with van der Waals surface area (Å²) in [5.41, 5.74) is 0. The van der Waals surface area contributed by atoms with Crippen molar-refractivity contribution in [3.63, 3.8) is 0 Å². The van der Waals surface area contributed by atoms with Gasteiger partial charge in [0.2, 0.25) is 0 Å². The molecule has 0 saturated heterocycles. The van der Waals surface area contributed by atoms with E-state index < -0.39 is 0 Å². The van der Waals surface area contributed by atoms with Crippen molar-refractivity contribution in [3.8, 4) is 5.75 Å². The third-order valence-electron chi connectivity index (χ3n) is 2.73. The Kier molecular flexibility index (Phi) is 7.59. The Balaban J connectivity index is 2.54. The fourth-order valence-corrected chi connectivity index (χ4v) is 2.09. The van der Waals surface area contributed by atoms with E-state index >= 15 is 0 Å². The van der Waals surface area contributed by atoms with Crippen molar-refractivity contribution < 1.29 is 4.74 Å². The molecule has 1 atom stereocenters. The van der Waals surface area contributed by atoms with Crippen molar-refractivity contribution >= 4 is 23.2 Å². The Bertz CT molecular complexity index is 382. The second-order valence-electron chi connectivity index (χ2n) is 5.16. The fourth-order valence-electron chi connectivity index (χ4n) is 1.80. The first kappa shape index (κ1) is 16.6. The van der Waals surface area contributed by atoms with E-state index in [1.807, 2.05) is 6.07 Å². The van der Waals surface area contributed by atoms with Crippen molar-refractivity contribution in [3.05, 3.63) is 28.2 Å². The van der Waals surface area contributed by atoms with Crippen molar-refractivity contribution in [1.82, 2.24) is 5.32 Å². The summed E-state index contributed by atoms with van der Waals surface area (Å²) in [5.74, 6) is 1.42. The van der Waals surface area contributed by atoms with Crippen LogP contribution in [-0.2, 0) is 0 Å². The maximum absolute atomic E-state index is 5.99. The highest BCUT2D eigenvalue weighted by Crippen LogP contribution is 2.27. The van der Waals surface area contributed by atoms with E-state index in [1.165, 1.54) is 0 Å². The molecule has 1 N–H and O–H groups in total. The minimum Gasteiger partial charge on any atom is -0.489 e. The molecule has 0 radical (unpaired) electrons. The summed E-state index contributed by atoms with van der Waals surface area (Å²) in [6, 6.07) is 5.40. The first-order chi connectivity index (χ1) is 9.02. The van der Waals surface area contributed by atoms with Gasteiger partial charge in [0.1, 0.15) is 11.9 Å². The lowest BCUT2D eigenvalue weighted by molar-refractivity contribution is 0.185. The van der Waals surface area contributed by atoms with E-state index in [0.717, 1.165) is 31.7 Å². The second kappa shape index (κ2) is 8.68. The van der Waals surface area contributed by atoms with Gasteiger partial charge in [-0.2, -0.15) is 0 Å². The number of benzene rings is 1. The predicted octanol–water partition coefficient (Wildman–Crippen LogP) is 4.79. The second-order valence-corrected chi connectivity index (χ2v) is 5.97. The molecular weight excluding hydrogens is 281 g/mol. The minimum absolute atomic E-state index is 0.168. The predicted molar refractivity (Wildman–Crippen MR) is 83.5 cm³/mol. The molecule has 4 heteroatoms. The summed E-state index contributed by atoms with van der Waals surface area (Å²) < 4.78 is 5.97. The van der Waals surface area contributed by atoms with Crippen LogP contribution in [0.4, 0.5) is 0 Å². The molecular formula is C15H23Cl2NO. The van der Waals surface area contributed by atoms with E-state index in [-0.39, 0.29) is 6.10 Å². The number of nitrogens with one attached hydrogen (secondary N) is 1. The number of hydrogen-bond donors (Lipinski definition) is 1. The molecule has 0 heterocycles. The van der Waals surface area contributed by atoms with Crippen molar-refractivity contribution in [2.24, 2.45) is 5.92 Å². The molecule has 2 nitrogen and oxygen atoms in total. The van der Waals surface area contributed by atoms with Crippen LogP contribution in [0.1, 0.15) is 33.6 Å². The monoisotopic (exact) mass is 303 g/mol. The fraction of sp³-hybridized carbons (Fsp3) is 0.600. The van der Waals surface area contributed by atoms with Crippen LogP contribution in [0.2, 0.25) is 10.0 Å². The van der Waals surface area contributed by atoms with Gasteiger partial charge in [-0.05, 0) is 31.0 Å². The largest absolute Gasteiger partial charge is 0.489 e. The lowest BCUT2D eigenvalue weighted by atomic mass is 10.2. The van der Waals surface area contributed by atoms with Gasteiger partial charge in [-0.15, -0.1) is 0 Å². The third kappa shape index (κ3) is 6.51. The van der Waals surface area contributed by atoms with Crippen LogP contribution in [-0.4, -0.2) is 19.2 Å². The van der Waals surface area contributed by atoms with Crippen LogP contribution in [0.5, 0.6) is 5.75 Å². The zero-order valence-electron chi connectivity index (χ0n) is 11.9. The third-order valence-corrected chi connectivity index (χ3v) is 3.47. The van der Waals surface area contributed by atoms with Gasteiger partial charge in [0.15, 0.2) is 0 Å². The highest BCUT2D eigenvalue weighted by Gasteiger charge is 2.10. The van der Waals surface area contributed by atoms with Crippen molar-refractivity contribution in [2.45, 2.75) is 39.7 Å². The van der Waals surface area contributed by atoms with Crippen LogP contribution >= 0.6 is 23.2 Å². The average Bonchev–Trinajstić information content (AvgIpc) is 2.33. The van der Waals surface area contributed by atoms with E-state index in [4.69, 9.17) is 27.9 Å². The number of ether oxygens (including phenoxy) is 1. The van der Waals surface area contributed by atoms with Gasteiger partial charge in [0.05, 0.1) is 10.0 Å². The topological polar surface area (TPSA) is 21.3 Å². The zero-order valence-corrected chi connectivity index (χ0v) is 13.4. The van der Waals surface area contributed by atoms with Gasteiger partial charge < -0.3 is 10.1 Å². The van der Waals surface area contributed by atoms with Crippen LogP contribution in [0.25, 0.3) is 0 Å². The SMILES string of the molecule is CCCC(CNCC(C)C)Oc1ccc(Cl)c(Cl)c1. The van der Waals surface area contributed by atoms with Crippen LogP contribution < -0.4 is 10.1 Å². The normalized spacial score (nSPS) is 12.7. The van der Waals surface area contributed by atoms with Crippen LogP contribution in [0.15, 0.2) is 18.2 Å². The van der Waals surface area contributed by atoms with Crippen LogP contribution in [0, 0.1) is 5.92 Å². The first-order valence-corrected chi connectivity index (χ1v) is 7.61. The maximum Gasteiger partial charge on any atom is 0.121 e. The molecule has 0 aliphatic heterocycles. The molecule has 1 aromatic rings. The van der Waals surface area contributed by atoms with Gasteiger partial charge in [0.25, 0.3) is 0 Å². The Morgan fingerprint density at radius 2 is 1.89 bits per heavy atom. The number of halogens is 2. The summed E-state index contributed by atoms with van der Waals surface area (Å²) in [6.07, 6.45) is 2.28. The summed E-state index contributed by atoms with van der Waals surface area (Å²) in [6.45, 7) is 8.41. The Labute approximate surface area is 126 Å². The summed E-state index contributed by atoms with van der Waals surface area (Å²) in [7, 11) is 0. The van der Waals surface area contributed by atoms with Gasteiger partial charge in [-0.1, -0.05) is 50.4 Å². The van der Waals surface area contributed by atoms with Gasteiger partial charge in [-0.25, -0.2) is 0 Å². The molecule has 0 aliphatic rings. The molecule has 0 bridgehead atoms. The van der Waals surface area contributed by atoms with Gasteiger partial charge >= 0.3 is 0 Å². The highest BCUT2D eigenvalue weighted by molar-refractivity contribution is 6.42. The smallest absolute Gasteiger partial charge is 0.121 e.